The average molecular weight is 265 g/mol. The van der Waals surface area contributed by atoms with E-state index in [0.29, 0.717) is 11.3 Å². The number of hydrogen-bond acceptors (Lipinski definition) is 3. The topological polar surface area (TPSA) is 21.3 Å². The normalized spacial score (nSPS) is 21.6. The first-order chi connectivity index (χ1) is 8.76. The Morgan fingerprint density at radius 1 is 1.39 bits per heavy atom. The Bertz CT molecular complexity index is 388. The predicted molar refractivity (Wildman–Crippen MR) is 79.6 cm³/mol. The van der Waals surface area contributed by atoms with Crippen LogP contribution in [0.4, 0.5) is 0 Å². The second-order valence-corrected chi connectivity index (χ2v) is 6.26. The van der Waals surface area contributed by atoms with Crippen molar-refractivity contribution in [3.05, 3.63) is 29.3 Å². The van der Waals surface area contributed by atoms with Crippen molar-refractivity contribution in [2.75, 3.05) is 19.9 Å². The molecule has 0 amide bonds. The van der Waals surface area contributed by atoms with E-state index in [1.54, 1.807) is 7.11 Å². The Morgan fingerprint density at radius 3 is 2.83 bits per heavy atom. The molecule has 18 heavy (non-hydrogen) atoms. The summed E-state index contributed by atoms with van der Waals surface area (Å²) in [6.07, 6.45) is 4.01. The quantitative estimate of drug-likeness (QED) is 0.899. The van der Waals surface area contributed by atoms with Crippen molar-refractivity contribution < 1.29 is 4.74 Å². The fourth-order valence-electron chi connectivity index (χ4n) is 2.67. The monoisotopic (exact) mass is 265 g/mol. The van der Waals surface area contributed by atoms with E-state index in [0.717, 1.165) is 5.75 Å². The maximum absolute atomic E-state index is 5.52. The van der Waals surface area contributed by atoms with Crippen LogP contribution in [0.25, 0.3) is 0 Å². The third-order valence-electron chi connectivity index (χ3n) is 3.62. The zero-order chi connectivity index (χ0) is 13.0. The van der Waals surface area contributed by atoms with Crippen LogP contribution in [-0.4, -0.2) is 25.2 Å². The lowest BCUT2D eigenvalue weighted by Gasteiger charge is -2.31. The summed E-state index contributed by atoms with van der Waals surface area (Å²) in [5.41, 5.74) is 2.60. The van der Waals surface area contributed by atoms with Crippen molar-refractivity contribution in [1.82, 2.24) is 5.32 Å². The van der Waals surface area contributed by atoms with E-state index in [4.69, 9.17) is 4.74 Å². The SMILES string of the molecule is CNC(c1cc(C)ccc1OC)C1CCCCS1. The van der Waals surface area contributed by atoms with E-state index in [2.05, 4.69) is 49.2 Å². The first kappa shape index (κ1) is 13.8. The number of aryl methyl sites for hydroxylation is 1. The molecule has 1 aromatic rings. The van der Waals surface area contributed by atoms with Crippen molar-refractivity contribution in [3.8, 4) is 5.75 Å². The molecule has 2 atom stereocenters. The van der Waals surface area contributed by atoms with Crippen LogP contribution in [0, 0.1) is 6.92 Å². The van der Waals surface area contributed by atoms with Gasteiger partial charge in [-0.3, -0.25) is 0 Å². The van der Waals surface area contributed by atoms with Gasteiger partial charge in [0.15, 0.2) is 0 Å². The largest absolute Gasteiger partial charge is 0.496 e. The predicted octanol–water partition coefficient (Wildman–Crippen LogP) is 3.55. The highest BCUT2D eigenvalue weighted by molar-refractivity contribution is 8.00. The van der Waals surface area contributed by atoms with Gasteiger partial charge in [0.2, 0.25) is 0 Å². The average Bonchev–Trinajstić information content (AvgIpc) is 2.41. The molecule has 0 aromatic heterocycles. The fourth-order valence-corrected chi connectivity index (χ4v) is 4.15. The number of nitrogens with one attached hydrogen (secondary N) is 1. The third-order valence-corrected chi connectivity index (χ3v) is 5.08. The summed E-state index contributed by atoms with van der Waals surface area (Å²) in [5.74, 6) is 2.29. The first-order valence-corrected chi connectivity index (χ1v) is 7.74. The zero-order valence-electron chi connectivity index (χ0n) is 11.5. The number of ether oxygens (including phenoxy) is 1. The second-order valence-electron chi connectivity index (χ2n) is 4.92. The Kier molecular flexibility index (Phi) is 4.95. The minimum Gasteiger partial charge on any atom is -0.496 e. The van der Waals surface area contributed by atoms with Gasteiger partial charge in [-0.2, -0.15) is 11.8 Å². The van der Waals surface area contributed by atoms with Crippen LogP contribution >= 0.6 is 11.8 Å². The number of benzene rings is 1. The van der Waals surface area contributed by atoms with Gasteiger partial charge in [0, 0.05) is 16.9 Å². The van der Waals surface area contributed by atoms with Gasteiger partial charge in [0.25, 0.3) is 0 Å². The zero-order valence-corrected chi connectivity index (χ0v) is 12.3. The van der Waals surface area contributed by atoms with E-state index in [1.807, 2.05) is 0 Å². The second kappa shape index (κ2) is 6.48. The van der Waals surface area contributed by atoms with Crippen LogP contribution in [0.1, 0.15) is 36.4 Å². The molecule has 1 heterocycles. The number of thioether (sulfide) groups is 1. The van der Waals surface area contributed by atoms with Gasteiger partial charge in [-0.15, -0.1) is 0 Å². The molecule has 0 aliphatic carbocycles. The van der Waals surface area contributed by atoms with Crippen LogP contribution in [-0.2, 0) is 0 Å². The highest BCUT2D eigenvalue weighted by atomic mass is 32.2. The number of hydrogen-bond donors (Lipinski definition) is 1. The molecule has 0 spiro atoms. The smallest absolute Gasteiger partial charge is 0.123 e. The number of methoxy groups -OCH3 is 1. The van der Waals surface area contributed by atoms with Crippen LogP contribution in [0.5, 0.6) is 5.75 Å². The van der Waals surface area contributed by atoms with Crippen molar-refractivity contribution >= 4 is 11.8 Å². The van der Waals surface area contributed by atoms with Crippen LogP contribution < -0.4 is 10.1 Å². The van der Waals surface area contributed by atoms with Gasteiger partial charge >= 0.3 is 0 Å². The molecule has 3 heteroatoms. The summed E-state index contributed by atoms with van der Waals surface area (Å²) in [4.78, 5) is 0. The Labute approximate surface area is 114 Å². The van der Waals surface area contributed by atoms with Crippen molar-refractivity contribution in [2.24, 2.45) is 0 Å². The lowest BCUT2D eigenvalue weighted by molar-refractivity contribution is 0.397. The van der Waals surface area contributed by atoms with Crippen molar-refractivity contribution in [3.63, 3.8) is 0 Å². The summed E-state index contributed by atoms with van der Waals surface area (Å²) < 4.78 is 5.52. The molecule has 100 valence electrons. The van der Waals surface area contributed by atoms with Gasteiger partial charge in [0.1, 0.15) is 5.75 Å². The molecule has 1 aromatic carbocycles. The van der Waals surface area contributed by atoms with E-state index in [9.17, 15) is 0 Å². The Hall–Kier alpha value is -0.670. The molecular formula is C15H23NOS. The van der Waals surface area contributed by atoms with Gasteiger partial charge in [0.05, 0.1) is 7.11 Å². The van der Waals surface area contributed by atoms with Crippen LogP contribution in [0.3, 0.4) is 0 Å². The van der Waals surface area contributed by atoms with Crippen LogP contribution in [0.15, 0.2) is 18.2 Å². The minimum absolute atomic E-state index is 0.394. The maximum atomic E-state index is 5.52. The standard InChI is InChI=1S/C15H23NOS/c1-11-7-8-13(17-3)12(10-11)15(16-2)14-6-4-5-9-18-14/h7-8,10,14-16H,4-6,9H2,1-3H3. The molecule has 1 aliphatic heterocycles. The molecule has 2 nitrogen and oxygen atoms in total. The molecule has 0 radical (unpaired) electrons. The highest BCUT2D eigenvalue weighted by Crippen LogP contribution is 2.38. The van der Waals surface area contributed by atoms with E-state index >= 15 is 0 Å². The molecule has 0 bridgehead atoms. The molecule has 1 aliphatic rings. The Morgan fingerprint density at radius 2 is 2.22 bits per heavy atom. The lowest BCUT2D eigenvalue weighted by Crippen LogP contribution is -2.29. The summed E-state index contributed by atoms with van der Waals surface area (Å²) in [5, 5.41) is 4.16. The minimum atomic E-state index is 0.394. The third kappa shape index (κ3) is 3.01. The summed E-state index contributed by atoms with van der Waals surface area (Å²) in [7, 11) is 3.82. The summed E-state index contributed by atoms with van der Waals surface area (Å²) in [6.45, 7) is 2.14. The first-order valence-electron chi connectivity index (χ1n) is 6.69. The van der Waals surface area contributed by atoms with E-state index in [-0.39, 0.29) is 0 Å². The van der Waals surface area contributed by atoms with E-state index < -0.39 is 0 Å². The van der Waals surface area contributed by atoms with Gasteiger partial charge in [-0.1, -0.05) is 24.1 Å². The van der Waals surface area contributed by atoms with Crippen LogP contribution in [0.2, 0.25) is 0 Å². The summed E-state index contributed by atoms with van der Waals surface area (Å²) in [6, 6.07) is 6.85. The molecule has 1 N–H and O–H groups in total. The molecular weight excluding hydrogens is 242 g/mol. The van der Waals surface area contributed by atoms with Gasteiger partial charge < -0.3 is 10.1 Å². The van der Waals surface area contributed by atoms with Crippen molar-refractivity contribution in [2.45, 2.75) is 37.5 Å². The van der Waals surface area contributed by atoms with Gasteiger partial charge in [-0.25, -0.2) is 0 Å². The fraction of sp³-hybridized carbons (Fsp3) is 0.600. The maximum Gasteiger partial charge on any atom is 0.123 e. The molecule has 1 fully saturated rings. The summed E-state index contributed by atoms with van der Waals surface area (Å²) >= 11 is 2.10. The number of rotatable bonds is 4. The molecule has 2 unspecified atom stereocenters. The van der Waals surface area contributed by atoms with E-state index in [1.165, 1.54) is 36.1 Å². The van der Waals surface area contributed by atoms with Crippen molar-refractivity contribution in [1.29, 1.82) is 0 Å². The molecule has 1 saturated heterocycles. The molecule has 0 saturated carbocycles. The highest BCUT2D eigenvalue weighted by Gasteiger charge is 2.26. The van der Waals surface area contributed by atoms with Gasteiger partial charge in [-0.05, 0) is 38.6 Å². The Balaban J connectivity index is 2.27. The lowest BCUT2D eigenvalue weighted by atomic mass is 9.97. The molecule has 2 rings (SSSR count).